The zero-order valence-corrected chi connectivity index (χ0v) is 21.5. The minimum absolute atomic E-state index is 0.0584. The van der Waals surface area contributed by atoms with Crippen molar-refractivity contribution in [2.75, 3.05) is 15.7 Å². The molecule has 0 spiro atoms. The van der Waals surface area contributed by atoms with E-state index in [9.17, 15) is 39.2 Å². The zero-order chi connectivity index (χ0) is 28.3. The first-order valence-electron chi connectivity index (χ1n) is 10.8. The highest BCUT2D eigenvalue weighted by atomic mass is 32.2. The monoisotopic (exact) mass is 574 g/mol. The molecule has 3 rings (SSSR count). The van der Waals surface area contributed by atoms with Crippen molar-refractivity contribution in [2.45, 2.75) is 30.5 Å². The molecular formula is C23H22F4N4O5S2. The van der Waals surface area contributed by atoms with E-state index in [0.717, 1.165) is 24.5 Å². The topological polar surface area (TPSA) is 134 Å². The second-order valence-corrected chi connectivity index (χ2v) is 11.6. The van der Waals surface area contributed by atoms with Crippen molar-refractivity contribution in [3.05, 3.63) is 83.3 Å². The summed E-state index contributed by atoms with van der Waals surface area (Å²) in [5.41, 5.74) is -1.52. The number of benzene rings is 2. The maximum atomic E-state index is 14.3. The van der Waals surface area contributed by atoms with E-state index in [-0.39, 0.29) is 21.7 Å². The fraction of sp³-hybridized carbons (Fsp3) is 0.217. The predicted molar refractivity (Wildman–Crippen MR) is 132 cm³/mol. The molecule has 0 bridgehead atoms. The highest BCUT2D eigenvalue weighted by molar-refractivity contribution is 7.92. The molecule has 0 radical (unpaired) electrons. The smallest absolute Gasteiger partial charge is 0.351 e. The standard InChI is InChI=1S/C23H22F4N4O5S2/c1-14(15-8-10-19(18(24)12-15)30-37(2,33)34)22(32)28-13-16-9-11-20(23(25,26)27)29-21(16)31-38(35,36)17-6-4-3-5-7-17/h3-12,14,30H,13H2,1-2H3,(H,28,32)(H,29,31). The lowest BCUT2D eigenvalue weighted by Gasteiger charge is -2.17. The van der Waals surface area contributed by atoms with Gasteiger partial charge in [0.05, 0.1) is 22.8 Å². The van der Waals surface area contributed by atoms with Crippen LogP contribution in [0.15, 0.2) is 65.6 Å². The molecule has 1 aromatic heterocycles. The minimum Gasteiger partial charge on any atom is -0.351 e. The Morgan fingerprint density at radius 2 is 1.63 bits per heavy atom. The number of aromatic nitrogens is 1. The number of nitrogens with one attached hydrogen (secondary N) is 3. The molecule has 204 valence electrons. The second kappa shape index (κ2) is 10.9. The lowest BCUT2D eigenvalue weighted by atomic mass is 9.99. The molecule has 0 aliphatic carbocycles. The van der Waals surface area contributed by atoms with Crippen molar-refractivity contribution in [2.24, 2.45) is 0 Å². The Balaban J connectivity index is 1.82. The lowest BCUT2D eigenvalue weighted by Crippen LogP contribution is -2.28. The van der Waals surface area contributed by atoms with Gasteiger partial charge in [0.15, 0.2) is 0 Å². The molecule has 15 heteroatoms. The number of rotatable bonds is 9. The van der Waals surface area contributed by atoms with Crippen molar-refractivity contribution in [1.29, 1.82) is 0 Å². The Morgan fingerprint density at radius 1 is 0.974 bits per heavy atom. The molecule has 1 amide bonds. The Morgan fingerprint density at radius 3 is 2.21 bits per heavy atom. The van der Waals surface area contributed by atoms with Crippen LogP contribution in [0.1, 0.15) is 29.7 Å². The largest absolute Gasteiger partial charge is 0.433 e. The SMILES string of the molecule is CC(C(=O)NCc1ccc(C(F)(F)F)nc1NS(=O)(=O)c1ccccc1)c1ccc(NS(C)(=O)=O)c(F)c1. The number of carbonyl (C=O) groups excluding carboxylic acids is 1. The van der Waals surface area contributed by atoms with E-state index in [2.05, 4.69) is 10.3 Å². The van der Waals surface area contributed by atoms with E-state index in [0.29, 0.717) is 6.07 Å². The highest BCUT2D eigenvalue weighted by Gasteiger charge is 2.33. The Labute approximate surface area is 216 Å². The Hall–Kier alpha value is -3.72. The average Bonchev–Trinajstić information content (AvgIpc) is 2.82. The first kappa shape index (κ1) is 28.8. The normalized spacial score (nSPS) is 13.0. The van der Waals surface area contributed by atoms with Crippen molar-refractivity contribution >= 4 is 37.5 Å². The first-order valence-corrected chi connectivity index (χ1v) is 14.1. The number of hydrogen-bond acceptors (Lipinski definition) is 6. The lowest BCUT2D eigenvalue weighted by molar-refractivity contribution is -0.141. The molecule has 0 aliphatic rings. The van der Waals surface area contributed by atoms with Gasteiger partial charge < -0.3 is 5.32 Å². The number of pyridine rings is 1. The summed E-state index contributed by atoms with van der Waals surface area (Å²) in [6, 6.07) is 12.0. The summed E-state index contributed by atoms with van der Waals surface area (Å²) in [4.78, 5) is 15.9. The maximum absolute atomic E-state index is 14.3. The molecule has 1 unspecified atom stereocenters. The number of halogens is 4. The van der Waals surface area contributed by atoms with Gasteiger partial charge in [-0.25, -0.2) is 26.2 Å². The predicted octanol–water partition coefficient (Wildman–Crippen LogP) is 3.83. The fourth-order valence-electron chi connectivity index (χ4n) is 3.23. The molecule has 0 aliphatic heterocycles. The van der Waals surface area contributed by atoms with Crippen LogP contribution < -0.4 is 14.8 Å². The molecular weight excluding hydrogens is 552 g/mol. The Kier molecular flexibility index (Phi) is 8.31. The van der Waals surface area contributed by atoms with E-state index in [1.165, 1.54) is 37.3 Å². The van der Waals surface area contributed by atoms with Gasteiger partial charge in [-0.1, -0.05) is 30.3 Å². The summed E-state index contributed by atoms with van der Waals surface area (Å²) in [6.45, 7) is 1.02. The molecule has 1 atom stereocenters. The molecule has 0 fully saturated rings. The van der Waals surface area contributed by atoms with Crippen molar-refractivity contribution in [3.8, 4) is 0 Å². The van der Waals surface area contributed by atoms with E-state index >= 15 is 0 Å². The summed E-state index contributed by atoms with van der Waals surface area (Å²) in [7, 11) is -8.03. The molecule has 0 saturated heterocycles. The van der Waals surface area contributed by atoms with Gasteiger partial charge in [0.25, 0.3) is 10.0 Å². The van der Waals surface area contributed by atoms with Crippen LogP contribution in [-0.4, -0.2) is 34.0 Å². The van der Waals surface area contributed by atoms with Gasteiger partial charge in [0.1, 0.15) is 17.3 Å². The van der Waals surface area contributed by atoms with Gasteiger partial charge in [-0.05, 0) is 42.8 Å². The fourth-order valence-corrected chi connectivity index (χ4v) is 4.86. The number of sulfonamides is 2. The van der Waals surface area contributed by atoms with Crippen LogP contribution in [0.2, 0.25) is 0 Å². The highest BCUT2D eigenvalue weighted by Crippen LogP contribution is 2.30. The van der Waals surface area contributed by atoms with Crippen LogP contribution >= 0.6 is 0 Å². The number of carbonyl (C=O) groups is 1. The van der Waals surface area contributed by atoms with Crippen molar-refractivity contribution in [3.63, 3.8) is 0 Å². The molecule has 3 N–H and O–H groups in total. The van der Waals surface area contributed by atoms with Crippen LogP contribution in [-0.2, 0) is 37.6 Å². The third-order valence-corrected chi connectivity index (χ3v) is 7.13. The maximum Gasteiger partial charge on any atom is 0.433 e. The quantitative estimate of drug-likeness (QED) is 0.333. The Bertz CT molecular complexity index is 1550. The summed E-state index contributed by atoms with van der Waals surface area (Å²) < 4.78 is 106. The van der Waals surface area contributed by atoms with E-state index in [4.69, 9.17) is 0 Å². The average molecular weight is 575 g/mol. The number of alkyl halides is 3. The second-order valence-electron chi connectivity index (χ2n) is 8.17. The summed E-state index contributed by atoms with van der Waals surface area (Å²) in [5.74, 6) is -3.16. The van der Waals surface area contributed by atoms with E-state index < -0.39 is 61.9 Å². The molecule has 38 heavy (non-hydrogen) atoms. The van der Waals surface area contributed by atoms with Gasteiger partial charge in [-0.15, -0.1) is 0 Å². The molecule has 9 nitrogen and oxygen atoms in total. The number of hydrogen-bond donors (Lipinski definition) is 3. The third kappa shape index (κ3) is 7.41. The van der Waals surface area contributed by atoms with Crippen molar-refractivity contribution < 1.29 is 39.2 Å². The van der Waals surface area contributed by atoms with Crippen LogP contribution in [0, 0.1) is 5.82 Å². The molecule has 2 aromatic carbocycles. The van der Waals surface area contributed by atoms with Crippen LogP contribution in [0.3, 0.4) is 0 Å². The van der Waals surface area contributed by atoms with Crippen LogP contribution in [0.5, 0.6) is 0 Å². The summed E-state index contributed by atoms with van der Waals surface area (Å²) in [6.07, 6.45) is -4.01. The summed E-state index contributed by atoms with van der Waals surface area (Å²) >= 11 is 0. The zero-order valence-electron chi connectivity index (χ0n) is 19.9. The van der Waals surface area contributed by atoms with Crippen molar-refractivity contribution in [1.82, 2.24) is 10.3 Å². The number of nitrogens with zero attached hydrogens (tertiary/aromatic N) is 1. The van der Waals surface area contributed by atoms with E-state index in [1.54, 1.807) is 6.07 Å². The first-order chi connectivity index (χ1) is 17.6. The van der Waals surface area contributed by atoms with Gasteiger partial charge >= 0.3 is 6.18 Å². The van der Waals surface area contributed by atoms with E-state index in [1.807, 2.05) is 9.44 Å². The number of anilines is 2. The molecule has 0 saturated carbocycles. The third-order valence-electron chi connectivity index (χ3n) is 5.19. The van der Waals surface area contributed by atoms with Crippen LogP contribution in [0.4, 0.5) is 29.1 Å². The number of amides is 1. The van der Waals surface area contributed by atoms with Gasteiger partial charge in [-0.3, -0.25) is 14.2 Å². The molecule has 1 heterocycles. The van der Waals surface area contributed by atoms with Gasteiger partial charge in [-0.2, -0.15) is 13.2 Å². The van der Waals surface area contributed by atoms with Crippen LogP contribution in [0.25, 0.3) is 0 Å². The van der Waals surface area contributed by atoms with Gasteiger partial charge in [0, 0.05) is 12.1 Å². The molecule has 3 aromatic rings. The minimum atomic E-state index is -4.86. The van der Waals surface area contributed by atoms with Gasteiger partial charge in [0.2, 0.25) is 15.9 Å². The summed E-state index contributed by atoms with van der Waals surface area (Å²) in [5, 5.41) is 2.46.